The molecule has 0 saturated carbocycles. The van der Waals surface area contributed by atoms with Crippen molar-refractivity contribution in [3.63, 3.8) is 0 Å². The van der Waals surface area contributed by atoms with E-state index in [9.17, 15) is 4.79 Å². The molecule has 0 spiro atoms. The third kappa shape index (κ3) is 3.28. The van der Waals surface area contributed by atoms with E-state index in [2.05, 4.69) is 38.1 Å². The van der Waals surface area contributed by atoms with Crippen LogP contribution in [0.5, 0.6) is 0 Å². The van der Waals surface area contributed by atoms with Crippen LogP contribution in [0.2, 0.25) is 0 Å². The number of nitrogens with zero attached hydrogens (tertiary/aromatic N) is 3. The summed E-state index contributed by atoms with van der Waals surface area (Å²) < 4.78 is 2.96. The zero-order valence-electron chi connectivity index (χ0n) is 9.93. The number of aromatic nitrogens is 3. The standard InChI is InChI=1S/C12H13IN4O/c1-17-8-15-16-11(17)6-7-14-12(18)9-2-4-10(13)5-3-9/h2-5,8H,6-7H2,1H3,(H,14,18). The molecule has 1 amide bonds. The Hall–Kier alpha value is -1.44. The molecule has 0 fully saturated rings. The van der Waals surface area contributed by atoms with E-state index < -0.39 is 0 Å². The van der Waals surface area contributed by atoms with E-state index in [1.54, 1.807) is 6.33 Å². The third-order valence-corrected chi connectivity index (χ3v) is 3.26. The molecular weight excluding hydrogens is 343 g/mol. The fourth-order valence-corrected chi connectivity index (χ4v) is 1.88. The van der Waals surface area contributed by atoms with Crippen LogP contribution < -0.4 is 5.32 Å². The normalized spacial score (nSPS) is 10.3. The first-order valence-corrected chi connectivity index (χ1v) is 6.61. The number of hydrogen-bond donors (Lipinski definition) is 1. The number of hydrogen-bond acceptors (Lipinski definition) is 3. The van der Waals surface area contributed by atoms with Crippen LogP contribution in [0.1, 0.15) is 16.2 Å². The first kappa shape index (κ1) is 13.0. The maximum absolute atomic E-state index is 11.8. The summed E-state index contributed by atoms with van der Waals surface area (Å²) in [5.41, 5.74) is 0.674. The Morgan fingerprint density at radius 3 is 2.72 bits per heavy atom. The number of halogens is 1. The molecule has 2 aromatic rings. The highest BCUT2D eigenvalue weighted by atomic mass is 127. The third-order valence-electron chi connectivity index (χ3n) is 2.55. The summed E-state index contributed by atoms with van der Waals surface area (Å²) in [5.74, 6) is 0.798. The number of nitrogens with one attached hydrogen (secondary N) is 1. The number of rotatable bonds is 4. The Balaban J connectivity index is 1.85. The van der Waals surface area contributed by atoms with Crippen LogP contribution in [0.25, 0.3) is 0 Å². The van der Waals surface area contributed by atoms with E-state index in [-0.39, 0.29) is 5.91 Å². The molecule has 6 heteroatoms. The van der Waals surface area contributed by atoms with Crippen molar-refractivity contribution in [2.45, 2.75) is 6.42 Å². The van der Waals surface area contributed by atoms with Gasteiger partial charge < -0.3 is 9.88 Å². The molecule has 94 valence electrons. The second-order valence-corrected chi connectivity index (χ2v) is 5.12. The van der Waals surface area contributed by atoms with Gasteiger partial charge in [-0.3, -0.25) is 4.79 Å². The molecule has 1 N–H and O–H groups in total. The average molecular weight is 356 g/mol. The van der Waals surface area contributed by atoms with Crippen molar-refractivity contribution in [3.8, 4) is 0 Å². The zero-order chi connectivity index (χ0) is 13.0. The SMILES string of the molecule is Cn1cnnc1CCNC(=O)c1ccc(I)cc1. The van der Waals surface area contributed by atoms with Crippen molar-refractivity contribution in [3.05, 3.63) is 45.6 Å². The number of aryl methyl sites for hydroxylation is 1. The van der Waals surface area contributed by atoms with Crippen molar-refractivity contribution in [2.24, 2.45) is 7.05 Å². The first-order chi connectivity index (χ1) is 8.66. The summed E-state index contributed by atoms with van der Waals surface area (Å²) in [6.45, 7) is 0.553. The minimum absolute atomic E-state index is 0.0615. The van der Waals surface area contributed by atoms with Crippen molar-refractivity contribution in [2.75, 3.05) is 6.54 Å². The van der Waals surface area contributed by atoms with Crippen LogP contribution in [0, 0.1) is 3.57 Å². The molecule has 0 saturated heterocycles. The second kappa shape index (κ2) is 5.94. The fourth-order valence-electron chi connectivity index (χ4n) is 1.52. The summed E-state index contributed by atoms with van der Waals surface area (Å²) >= 11 is 2.21. The van der Waals surface area contributed by atoms with Crippen molar-refractivity contribution in [1.82, 2.24) is 20.1 Å². The van der Waals surface area contributed by atoms with Crippen LogP contribution in [0.3, 0.4) is 0 Å². The van der Waals surface area contributed by atoms with E-state index >= 15 is 0 Å². The van der Waals surface area contributed by atoms with Gasteiger partial charge in [-0.05, 0) is 46.9 Å². The predicted molar refractivity (Wildman–Crippen MR) is 76.2 cm³/mol. The molecule has 0 bridgehead atoms. The maximum atomic E-state index is 11.8. The van der Waals surface area contributed by atoms with Gasteiger partial charge in [0.25, 0.3) is 5.91 Å². The van der Waals surface area contributed by atoms with Crippen molar-refractivity contribution >= 4 is 28.5 Å². The van der Waals surface area contributed by atoms with Crippen LogP contribution in [-0.4, -0.2) is 27.2 Å². The van der Waals surface area contributed by atoms with Gasteiger partial charge in [-0.2, -0.15) is 0 Å². The van der Waals surface area contributed by atoms with Gasteiger partial charge in [0.15, 0.2) is 0 Å². The maximum Gasteiger partial charge on any atom is 0.251 e. The molecule has 0 aliphatic rings. The first-order valence-electron chi connectivity index (χ1n) is 5.53. The van der Waals surface area contributed by atoms with E-state index in [4.69, 9.17) is 0 Å². The highest BCUT2D eigenvalue weighted by molar-refractivity contribution is 14.1. The lowest BCUT2D eigenvalue weighted by Gasteiger charge is -2.05. The Bertz CT molecular complexity index is 535. The Morgan fingerprint density at radius 1 is 1.39 bits per heavy atom. The summed E-state index contributed by atoms with van der Waals surface area (Å²) in [6.07, 6.45) is 2.32. The quantitative estimate of drug-likeness (QED) is 0.843. The monoisotopic (exact) mass is 356 g/mol. The van der Waals surface area contributed by atoms with Gasteiger partial charge >= 0.3 is 0 Å². The average Bonchev–Trinajstić information content (AvgIpc) is 2.76. The highest BCUT2D eigenvalue weighted by Gasteiger charge is 2.05. The summed E-state index contributed by atoms with van der Waals surface area (Å²) in [6, 6.07) is 7.47. The second-order valence-electron chi connectivity index (χ2n) is 3.87. The Kier molecular flexibility index (Phi) is 4.29. The molecule has 1 heterocycles. The minimum Gasteiger partial charge on any atom is -0.352 e. The number of amides is 1. The number of benzene rings is 1. The minimum atomic E-state index is -0.0615. The molecule has 18 heavy (non-hydrogen) atoms. The molecule has 0 aliphatic heterocycles. The summed E-state index contributed by atoms with van der Waals surface area (Å²) in [7, 11) is 1.89. The van der Waals surface area contributed by atoms with Gasteiger partial charge in [-0.25, -0.2) is 0 Å². The topological polar surface area (TPSA) is 59.8 Å². The molecule has 5 nitrogen and oxygen atoms in total. The molecule has 0 radical (unpaired) electrons. The van der Waals surface area contributed by atoms with Gasteiger partial charge in [0, 0.05) is 29.1 Å². The highest BCUT2D eigenvalue weighted by Crippen LogP contribution is 2.06. The lowest BCUT2D eigenvalue weighted by atomic mass is 10.2. The molecular formula is C12H13IN4O. The van der Waals surface area contributed by atoms with Gasteiger partial charge in [0.05, 0.1) is 0 Å². The van der Waals surface area contributed by atoms with Gasteiger partial charge in [-0.15, -0.1) is 10.2 Å². The molecule has 0 atom stereocenters. The van der Waals surface area contributed by atoms with Crippen LogP contribution >= 0.6 is 22.6 Å². The number of carbonyl (C=O) groups excluding carboxylic acids is 1. The summed E-state index contributed by atoms with van der Waals surface area (Å²) in [5, 5.41) is 10.6. The number of carbonyl (C=O) groups is 1. The lowest BCUT2D eigenvalue weighted by molar-refractivity contribution is 0.0954. The van der Waals surface area contributed by atoms with E-state index in [1.165, 1.54) is 0 Å². The lowest BCUT2D eigenvalue weighted by Crippen LogP contribution is -2.26. The zero-order valence-corrected chi connectivity index (χ0v) is 12.1. The Morgan fingerprint density at radius 2 is 2.11 bits per heavy atom. The van der Waals surface area contributed by atoms with Crippen LogP contribution in [-0.2, 0) is 13.5 Å². The van der Waals surface area contributed by atoms with E-state index in [1.807, 2.05) is 35.9 Å². The van der Waals surface area contributed by atoms with Crippen LogP contribution in [0.15, 0.2) is 30.6 Å². The van der Waals surface area contributed by atoms with E-state index in [0.29, 0.717) is 18.5 Å². The molecule has 0 aliphatic carbocycles. The largest absolute Gasteiger partial charge is 0.352 e. The molecule has 0 unspecified atom stereocenters. The summed E-state index contributed by atoms with van der Waals surface area (Å²) in [4.78, 5) is 11.8. The fraction of sp³-hybridized carbons (Fsp3) is 0.250. The molecule has 1 aromatic carbocycles. The smallest absolute Gasteiger partial charge is 0.251 e. The van der Waals surface area contributed by atoms with Gasteiger partial charge in [0.2, 0.25) is 0 Å². The van der Waals surface area contributed by atoms with Crippen molar-refractivity contribution < 1.29 is 4.79 Å². The Labute approximate surface area is 119 Å². The van der Waals surface area contributed by atoms with Gasteiger partial charge in [-0.1, -0.05) is 0 Å². The predicted octanol–water partition coefficient (Wildman–Crippen LogP) is 1.39. The van der Waals surface area contributed by atoms with Crippen LogP contribution in [0.4, 0.5) is 0 Å². The van der Waals surface area contributed by atoms with Crippen molar-refractivity contribution in [1.29, 1.82) is 0 Å². The van der Waals surface area contributed by atoms with Gasteiger partial charge in [0.1, 0.15) is 12.2 Å². The molecule has 1 aromatic heterocycles. The van der Waals surface area contributed by atoms with E-state index in [0.717, 1.165) is 9.39 Å². The molecule has 2 rings (SSSR count).